The van der Waals surface area contributed by atoms with Crippen molar-refractivity contribution in [2.24, 2.45) is 4.99 Å². The maximum Gasteiger partial charge on any atom is 0.124 e. The Morgan fingerprint density at radius 1 is 1.32 bits per heavy atom. The van der Waals surface area contributed by atoms with Crippen LogP contribution in [0.2, 0.25) is 0 Å². The highest BCUT2D eigenvalue weighted by Crippen LogP contribution is 2.22. The Hall–Kier alpha value is -2.36. The highest BCUT2D eigenvalue weighted by molar-refractivity contribution is 5.84. The van der Waals surface area contributed by atoms with E-state index in [1.54, 1.807) is 37.7 Å². The van der Waals surface area contributed by atoms with Gasteiger partial charge in [-0.1, -0.05) is 6.07 Å². The predicted molar refractivity (Wildman–Crippen MR) is 74.9 cm³/mol. The molecular formula is C15H16N2O2. The average molecular weight is 256 g/mol. The molecule has 1 heterocycles. The first-order valence-electron chi connectivity index (χ1n) is 6.02. The van der Waals surface area contributed by atoms with Crippen molar-refractivity contribution in [2.45, 2.75) is 13.0 Å². The van der Waals surface area contributed by atoms with Crippen LogP contribution in [0.25, 0.3) is 0 Å². The molecule has 0 amide bonds. The summed E-state index contributed by atoms with van der Waals surface area (Å²) in [4.78, 5) is 8.64. The van der Waals surface area contributed by atoms with E-state index in [1.165, 1.54) is 0 Å². The molecule has 0 fully saturated rings. The fourth-order valence-corrected chi connectivity index (χ4v) is 1.65. The van der Waals surface area contributed by atoms with Gasteiger partial charge in [-0.2, -0.15) is 0 Å². The molecule has 2 aromatic rings. The third-order valence-corrected chi connectivity index (χ3v) is 2.79. The minimum atomic E-state index is -0.0631. The van der Waals surface area contributed by atoms with E-state index in [-0.39, 0.29) is 11.8 Å². The number of aromatic hydroxyl groups is 1. The van der Waals surface area contributed by atoms with Crippen molar-refractivity contribution in [3.8, 4) is 11.5 Å². The van der Waals surface area contributed by atoms with Crippen LogP contribution in [0.15, 0.2) is 47.6 Å². The van der Waals surface area contributed by atoms with E-state index < -0.39 is 0 Å². The summed E-state index contributed by atoms with van der Waals surface area (Å²) in [5.74, 6) is 0.863. The second-order valence-corrected chi connectivity index (χ2v) is 4.13. The van der Waals surface area contributed by atoms with Crippen molar-refractivity contribution in [2.75, 3.05) is 7.11 Å². The maximum absolute atomic E-state index is 9.75. The van der Waals surface area contributed by atoms with Gasteiger partial charge in [-0.05, 0) is 37.3 Å². The molecule has 1 atom stereocenters. The van der Waals surface area contributed by atoms with Crippen molar-refractivity contribution < 1.29 is 9.84 Å². The number of methoxy groups -OCH3 is 1. The summed E-state index contributed by atoms with van der Waals surface area (Å²) in [5, 5.41) is 9.75. The number of nitrogens with zero attached hydrogens (tertiary/aromatic N) is 2. The molecular weight excluding hydrogens is 240 g/mol. The molecule has 1 N–H and O–H groups in total. The Kier molecular flexibility index (Phi) is 4.13. The van der Waals surface area contributed by atoms with Gasteiger partial charge in [0.15, 0.2) is 0 Å². The molecule has 4 nitrogen and oxygen atoms in total. The number of rotatable bonds is 4. The average Bonchev–Trinajstić information content (AvgIpc) is 2.47. The Labute approximate surface area is 112 Å². The van der Waals surface area contributed by atoms with Gasteiger partial charge < -0.3 is 9.84 Å². The number of phenolic OH excluding ortho intramolecular Hbond substituents is 1. The topological polar surface area (TPSA) is 54.7 Å². The van der Waals surface area contributed by atoms with Crippen molar-refractivity contribution in [3.63, 3.8) is 0 Å². The molecule has 0 saturated carbocycles. The van der Waals surface area contributed by atoms with Crippen LogP contribution in [-0.2, 0) is 0 Å². The van der Waals surface area contributed by atoms with Crippen LogP contribution in [-0.4, -0.2) is 23.4 Å². The Balaban J connectivity index is 2.18. The van der Waals surface area contributed by atoms with Crippen LogP contribution in [0.5, 0.6) is 11.5 Å². The zero-order valence-electron chi connectivity index (χ0n) is 10.9. The second kappa shape index (κ2) is 6.00. The monoisotopic (exact) mass is 256 g/mol. The Morgan fingerprint density at radius 2 is 2.16 bits per heavy atom. The molecule has 0 aliphatic heterocycles. The summed E-state index contributed by atoms with van der Waals surface area (Å²) in [7, 11) is 1.59. The summed E-state index contributed by atoms with van der Waals surface area (Å²) in [5.41, 5.74) is 1.52. The molecule has 0 bridgehead atoms. The van der Waals surface area contributed by atoms with Gasteiger partial charge in [0.05, 0.1) is 18.8 Å². The van der Waals surface area contributed by atoms with Gasteiger partial charge in [0.25, 0.3) is 0 Å². The van der Waals surface area contributed by atoms with Gasteiger partial charge in [-0.25, -0.2) is 0 Å². The minimum Gasteiger partial charge on any atom is -0.507 e. The minimum absolute atomic E-state index is 0.0631. The summed E-state index contributed by atoms with van der Waals surface area (Å²) in [6.45, 7) is 1.95. The van der Waals surface area contributed by atoms with E-state index in [0.29, 0.717) is 11.3 Å². The van der Waals surface area contributed by atoms with Crippen molar-refractivity contribution in [1.82, 2.24) is 4.98 Å². The van der Waals surface area contributed by atoms with Crippen LogP contribution < -0.4 is 4.74 Å². The van der Waals surface area contributed by atoms with Crippen LogP contribution in [0.1, 0.15) is 24.2 Å². The van der Waals surface area contributed by atoms with Crippen LogP contribution in [0, 0.1) is 0 Å². The van der Waals surface area contributed by atoms with Gasteiger partial charge in [-0.3, -0.25) is 9.98 Å². The lowest BCUT2D eigenvalue weighted by atomic mass is 10.2. The maximum atomic E-state index is 9.75. The molecule has 1 aromatic heterocycles. The number of hydrogen-bond donors (Lipinski definition) is 1. The number of phenols is 1. The molecule has 0 unspecified atom stereocenters. The number of hydrogen-bond acceptors (Lipinski definition) is 4. The van der Waals surface area contributed by atoms with Crippen molar-refractivity contribution >= 4 is 6.21 Å². The normalized spacial score (nSPS) is 12.5. The van der Waals surface area contributed by atoms with Gasteiger partial charge in [0, 0.05) is 18.0 Å². The van der Waals surface area contributed by atoms with E-state index in [2.05, 4.69) is 9.98 Å². The van der Waals surface area contributed by atoms with E-state index in [1.807, 2.05) is 25.1 Å². The van der Waals surface area contributed by atoms with Gasteiger partial charge in [0.1, 0.15) is 11.5 Å². The standard InChI is InChI=1S/C15H16N2O2/c1-11(14-5-3-4-8-16-14)17-10-12-9-13(19-2)6-7-15(12)18/h3-11,18H,1-2H3/t11-/m1/s1. The SMILES string of the molecule is COc1ccc(O)c(C=N[C@H](C)c2ccccn2)c1. The van der Waals surface area contributed by atoms with Crippen molar-refractivity contribution in [1.29, 1.82) is 0 Å². The molecule has 98 valence electrons. The first-order valence-corrected chi connectivity index (χ1v) is 6.02. The lowest BCUT2D eigenvalue weighted by Gasteiger charge is -2.06. The first kappa shape index (κ1) is 13.1. The largest absolute Gasteiger partial charge is 0.507 e. The predicted octanol–water partition coefficient (Wildman–Crippen LogP) is 2.98. The zero-order valence-corrected chi connectivity index (χ0v) is 10.9. The van der Waals surface area contributed by atoms with Gasteiger partial charge in [-0.15, -0.1) is 0 Å². The number of benzene rings is 1. The Bertz CT molecular complexity index is 568. The quantitative estimate of drug-likeness (QED) is 0.856. The molecule has 0 aliphatic carbocycles. The van der Waals surface area contributed by atoms with E-state index in [0.717, 1.165) is 5.69 Å². The van der Waals surface area contributed by atoms with Crippen molar-refractivity contribution in [3.05, 3.63) is 53.9 Å². The van der Waals surface area contributed by atoms with Gasteiger partial charge >= 0.3 is 0 Å². The summed E-state index contributed by atoms with van der Waals surface area (Å²) >= 11 is 0. The molecule has 19 heavy (non-hydrogen) atoms. The lowest BCUT2D eigenvalue weighted by molar-refractivity contribution is 0.412. The van der Waals surface area contributed by atoms with Crippen LogP contribution >= 0.6 is 0 Å². The molecule has 0 aliphatic rings. The van der Waals surface area contributed by atoms with Crippen LogP contribution in [0.4, 0.5) is 0 Å². The highest BCUT2D eigenvalue weighted by atomic mass is 16.5. The molecule has 0 spiro atoms. The fourth-order valence-electron chi connectivity index (χ4n) is 1.65. The smallest absolute Gasteiger partial charge is 0.124 e. The third-order valence-electron chi connectivity index (χ3n) is 2.79. The van der Waals surface area contributed by atoms with Crippen LogP contribution in [0.3, 0.4) is 0 Å². The third kappa shape index (κ3) is 3.31. The molecule has 1 aromatic carbocycles. The number of pyridine rings is 1. The number of ether oxygens (including phenoxy) is 1. The molecule has 0 saturated heterocycles. The molecule has 0 radical (unpaired) electrons. The first-order chi connectivity index (χ1) is 9.20. The summed E-state index contributed by atoms with van der Waals surface area (Å²) in [6.07, 6.45) is 3.38. The van der Waals surface area contributed by atoms with E-state index >= 15 is 0 Å². The zero-order chi connectivity index (χ0) is 13.7. The second-order valence-electron chi connectivity index (χ2n) is 4.13. The highest BCUT2D eigenvalue weighted by Gasteiger charge is 2.04. The molecule has 2 rings (SSSR count). The summed E-state index contributed by atoms with van der Waals surface area (Å²) in [6, 6.07) is 10.7. The van der Waals surface area contributed by atoms with E-state index in [4.69, 9.17) is 4.74 Å². The number of aliphatic imine (C=N–C) groups is 1. The lowest BCUT2D eigenvalue weighted by Crippen LogP contribution is -1.94. The molecule has 4 heteroatoms. The fraction of sp³-hybridized carbons (Fsp3) is 0.200. The van der Waals surface area contributed by atoms with E-state index in [9.17, 15) is 5.11 Å². The number of aromatic nitrogens is 1. The van der Waals surface area contributed by atoms with Gasteiger partial charge in [0.2, 0.25) is 0 Å². The summed E-state index contributed by atoms with van der Waals surface area (Å²) < 4.78 is 5.12. The Morgan fingerprint density at radius 3 is 2.84 bits per heavy atom.